The highest BCUT2D eigenvalue weighted by atomic mass is 32.2. The zero-order valence-corrected chi connectivity index (χ0v) is 17.2. The number of thioether (sulfide) groups is 1. The van der Waals surface area contributed by atoms with Crippen LogP contribution in [0.2, 0.25) is 0 Å². The van der Waals surface area contributed by atoms with Crippen LogP contribution >= 0.6 is 11.8 Å². The molecule has 0 aliphatic heterocycles. The number of nitrogens with one attached hydrogen (secondary N) is 1. The standard InChI is InChI=1S/C20H21N5O3S/c1-13-4-5-14(2)16(10-13)11-28-19(27)15-6-8-17(9-7-15)21-18(26)12-29-20-22-23-24-25(20)3/h4-10H,11-12H2,1-3H3,(H,21,26). The van der Waals surface area contributed by atoms with Crippen LogP contribution in [-0.4, -0.2) is 37.8 Å². The first-order valence-electron chi connectivity index (χ1n) is 8.90. The van der Waals surface area contributed by atoms with Crippen molar-refractivity contribution in [2.24, 2.45) is 7.05 Å². The summed E-state index contributed by atoms with van der Waals surface area (Å²) in [6, 6.07) is 12.6. The third-order valence-corrected chi connectivity index (χ3v) is 5.19. The number of aryl methyl sites for hydroxylation is 3. The summed E-state index contributed by atoms with van der Waals surface area (Å²) < 4.78 is 6.91. The number of ether oxygens (including phenoxy) is 1. The Morgan fingerprint density at radius 2 is 1.90 bits per heavy atom. The molecule has 1 aromatic heterocycles. The fourth-order valence-electron chi connectivity index (χ4n) is 2.54. The van der Waals surface area contributed by atoms with Crippen LogP contribution in [0.1, 0.15) is 27.0 Å². The summed E-state index contributed by atoms with van der Waals surface area (Å²) in [5.74, 6) is -0.425. The number of amides is 1. The zero-order chi connectivity index (χ0) is 20.8. The smallest absolute Gasteiger partial charge is 0.338 e. The molecule has 0 bridgehead atoms. The molecular weight excluding hydrogens is 390 g/mol. The van der Waals surface area contributed by atoms with E-state index in [0.29, 0.717) is 16.4 Å². The van der Waals surface area contributed by atoms with Gasteiger partial charge in [0.2, 0.25) is 11.1 Å². The van der Waals surface area contributed by atoms with E-state index in [1.807, 2.05) is 32.0 Å². The van der Waals surface area contributed by atoms with E-state index in [1.54, 1.807) is 31.3 Å². The Morgan fingerprint density at radius 3 is 2.59 bits per heavy atom. The van der Waals surface area contributed by atoms with Crippen molar-refractivity contribution in [3.8, 4) is 0 Å². The Balaban J connectivity index is 1.51. The molecule has 3 aromatic rings. The molecule has 1 amide bonds. The Hall–Kier alpha value is -3.20. The number of hydrogen-bond donors (Lipinski definition) is 1. The van der Waals surface area contributed by atoms with Crippen molar-refractivity contribution in [3.05, 3.63) is 64.7 Å². The van der Waals surface area contributed by atoms with Crippen molar-refractivity contribution in [1.82, 2.24) is 20.2 Å². The summed E-state index contributed by atoms with van der Waals surface area (Å²) in [4.78, 5) is 24.3. The number of esters is 1. The minimum Gasteiger partial charge on any atom is -0.457 e. The highest BCUT2D eigenvalue weighted by Gasteiger charge is 2.11. The highest BCUT2D eigenvalue weighted by molar-refractivity contribution is 7.99. The van der Waals surface area contributed by atoms with E-state index in [4.69, 9.17) is 4.74 Å². The summed E-state index contributed by atoms with van der Waals surface area (Å²) in [6.45, 7) is 4.21. The van der Waals surface area contributed by atoms with Gasteiger partial charge >= 0.3 is 5.97 Å². The van der Waals surface area contributed by atoms with E-state index in [0.717, 1.165) is 16.7 Å². The molecule has 2 aromatic carbocycles. The fourth-order valence-corrected chi connectivity index (χ4v) is 3.19. The lowest BCUT2D eigenvalue weighted by molar-refractivity contribution is -0.113. The third kappa shape index (κ3) is 5.64. The highest BCUT2D eigenvalue weighted by Crippen LogP contribution is 2.16. The monoisotopic (exact) mass is 411 g/mol. The van der Waals surface area contributed by atoms with E-state index in [1.165, 1.54) is 16.4 Å². The van der Waals surface area contributed by atoms with Crippen molar-refractivity contribution in [2.75, 3.05) is 11.1 Å². The maximum absolute atomic E-state index is 12.3. The topological polar surface area (TPSA) is 99.0 Å². The lowest BCUT2D eigenvalue weighted by Gasteiger charge is -2.09. The molecular formula is C20H21N5O3S. The van der Waals surface area contributed by atoms with Gasteiger partial charge in [-0.1, -0.05) is 35.5 Å². The van der Waals surface area contributed by atoms with Gasteiger partial charge in [-0.05, 0) is 59.7 Å². The van der Waals surface area contributed by atoms with Gasteiger partial charge in [-0.25, -0.2) is 9.48 Å². The average Bonchev–Trinajstić information content (AvgIpc) is 3.12. The van der Waals surface area contributed by atoms with Crippen molar-refractivity contribution in [3.63, 3.8) is 0 Å². The number of anilines is 1. The molecule has 0 saturated carbocycles. The maximum Gasteiger partial charge on any atom is 0.338 e. The number of carbonyl (C=O) groups excluding carboxylic acids is 2. The summed E-state index contributed by atoms with van der Waals surface area (Å²) in [6.07, 6.45) is 0. The Morgan fingerprint density at radius 1 is 1.14 bits per heavy atom. The van der Waals surface area contributed by atoms with Gasteiger partial charge in [-0.15, -0.1) is 5.10 Å². The summed E-state index contributed by atoms with van der Waals surface area (Å²) in [5.41, 5.74) is 4.20. The largest absolute Gasteiger partial charge is 0.457 e. The molecule has 0 fully saturated rings. The van der Waals surface area contributed by atoms with Crippen LogP contribution in [0.5, 0.6) is 0 Å². The van der Waals surface area contributed by atoms with Gasteiger partial charge in [-0.2, -0.15) is 0 Å². The molecule has 0 atom stereocenters. The average molecular weight is 411 g/mol. The van der Waals surface area contributed by atoms with Crippen LogP contribution in [-0.2, 0) is 23.2 Å². The van der Waals surface area contributed by atoms with Crippen LogP contribution in [0, 0.1) is 13.8 Å². The molecule has 1 heterocycles. The van der Waals surface area contributed by atoms with Crippen LogP contribution < -0.4 is 5.32 Å². The van der Waals surface area contributed by atoms with Crippen LogP contribution in [0.25, 0.3) is 0 Å². The van der Waals surface area contributed by atoms with E-state index >= 15 is 0 Å². The Bertz CT molecular complexity index is 1020. The van der Waals surface area contributed by atoms with Gasteiger partial charge < -0.3 is 10.1 Å². The van der Waals surface area contributed by atoms with Gasteiger partial charge in [0.15, 0.2) is 0 Å². The summed E-state index contributed by atoms with van der Waals surface area (Å²) in [5, 5.41) is 14.4. The second-order valence-corrected chi connectivity index (χ2v) is 7.45. The Labute approximate surface area is 172 Å². The first-order valence-corrected chi connectivity index (χ1v) is 9.89. The van der Waals surface area contributed by atoms with Gasteiger partial charge in [0, 0.05) is 12.7 Å². The second kappa shape index (κ2) is 9.33. The van der Waals surface area contributed by atoms with Gasteiger partial charge in [0.1, 0.15) is 6.61 Å². The van der Waals surface area contributed by atoms with Crippen LogP contribution in [0.3, 0.4) is 0 Å². The molecule has 0 saturated heterocycles. The number of rotatable bonds is 7. The third-order valence-electron chi connectivity index (χ3n) is 4.18. The van der Waals surface area contributed by atoms with Gasteiger partial charge in [0.05, 0.1) is 11.3 Å². The SMILES string of the molecule is Cc1ccc(C)c(COC(=O)c2ccc(NC(=O)CSc3nnnn3C)cc2)c1. The maximum atomic E-state index is 12.3. The lowest BCUT2D eigenvalue weighted by atomic mass is 10.1. The molecule has 0 radical (unpaired) electrons. The Kier molecular flexibility index (Phi) is 6.61. The van der Waals surface area contributed by atoms with Crippen LogP contribution in [0.4, 0.5) is 5.69 Å². The fraction of sp³-hybridized carbons (Fsp3) is 0.250. The van der Waals surface area contributed by atoms with Crippen molar-refractivity contribution in [2.45, 2.75) is 25.6 Å². The lowest BCUT2D eigenvalue weighted by Crippen LogP contribution is -2.14. The number of tetrazole rings is 1. The number of benzene rings is 2. The zero-order valence-electron chi connectivity index (χ0n) is 16.4. The van der Waals surface area contributed by atoms with Crippen molar-refractivity contribution >= 4 is 29.3 Å². The number of hydrogen-bond acceptors (Lipinski definition) is 7. The molecule has 0 spiro atoms. The molecule has 8 nitrogen and oxygen atoms in total. The molecule has 29 heavy (non-hydrogen) atoms. The molecule has 0 unspecified atom stereocenters. The van der Waals surface area contributed by atoms with Crippen LogP contribution in [0.15, 0.2) is 47.6 Å². The second-order valence-electron chi connectivity index (χ2n) is 6.51. The summed E-state index contributed by atoms with van der Waals surface area (Å²) >= 11 is 1.24. The molecule has 1 N–H and O–H groups in total. The minimum absolute atomic E-state index is 0.174. The van der Waals surface area contributed by atoms with Gasteiger partial charge in [-0.3, -0.25) is 4.79 Å². The first kappa shape index (κ1) is 20.5. The van der Waals surface area contributed by atoms with E-state index < -0.39 is 5.97 Å². The van der Waals surface area contributed by atoms with E-state index in [-0.39, 0.29) is 18.3 Å². The minimum atomic E-state index is -0.408. The predicted molar refractivity (Wildman–Crippen MR) is 110 cm³/mol. The molecule has 0 aliphatic rings. The number of aromatic nitrogens is 4. The quantitative estimate of drug-likeness (QED) is 0.471. The normalized spacial score (nSPS) is 10.6. The molecule has 3 rings (SSSR count). The summed E-state index contributed by atoms with van der Waals surface area (Å²) in [7, 11) is 1.71. The van der Waals surface area contributed by atoms with Crippen molar-refractivity contribution < 1.29 is 14.3 Å². The molecule has 150 valence electrons. The van der Waals surface area contributed by atoms with E-state index in [9.17, 15) is 9.59 Å². The first-order chi connectivity index (χ1) is 13.9. The van der Waals surface area contributed by atoms with Gasteiger partial charge in [0.25, 0.3) is 0 Å². The number of nitrogens with zero attached hydrogens (tertiary/aromatic N) is 4. The number of carbonyl (C=O) groups is 2. The molecule has 0 aliphatic carbocycles. The molecule has 9 heteroatoms. The van der Waals surface area contributed by atoms with E-state index in [2.05, 4.69) is 20.8 Å². The predicted octanol–water partition coefficient (Wildman–Crippen LogP) is 2.91. The van der Waals surface area contributed by atoms with Crippen molar-refractivity contribution in [1.29, 1.82) is 0 Å².